The van der Waals surface area contributed by atoms with Crippen LogP contribution in [0.2, 0.25) is 0 Å². The van der Waals surface area contributed by atoms with E-state index in [0.717, 1.165) is 43.2 Å². The summed E-state index contributed by atoms with van der Waals surface area (Å²) < 4.78 is 5.97. The maximum atomic E-state index is 12.1. The first-order valence-corrected chi connectivity index (χ1v) is 10.8. The quantitative estimate of drug-likeness (QED) is 0.367. The Morgan fingerprint density at radius 2 is 1.81 bits per heavy atom. The molecule has 0 atom stereocenters. The third-order valence-electron chi connectivity index (χ3n) is 5.15. The van der Waals surface area contributed by atoms with Crippen molar-refractivity contribution in [3.63, 3.8) is 0 Å². The van der Waals surface area contributed by atoms with E-state index in [1.54, 1.807) is 26.0 Å². The third-order valence-corrected chi connectivity index (χ3v) is 5.15. The van der Waals surface area contributed by atoms with Crippen molar-refractivity contribution in [1.29, 1.82) is 0 Å². The summed E-state index contributed by atoms with van der Waals surface area (Å²) in [5, 5.41) is 6.65. The lowest BCUT2D eigenvalue weighted by Gasteiger charge is -2.14. The van der Waals surface area contributed by atoms with Crippen LogP contribution < -0.4 is 15.4 Å². The van der Waals surface area contributed by atoms with Gasteiger partial charge in [0.25, 0.3) is 5.91 Å². The molecule has 0 aliphatic heterocycles. The maximum Gasteiger partial charge on any atom is 0.253 e. The van der Waals surface area contributed by atoms with Crippen LogP contribution >= 0.6 is 0 Å². The van der Waals surface area contributed by atoms with E-state index in [-0.39, 0.29) is 5.91 Å². The fraction of sp³-hybridized carbons (Fsp3) is 0.440. The normalized spacial score (nSPS) is 11.2. The van der Waals surface area contributed by atoms with E-state index in [1.165, 1.54) is 16.7 Å². The molecular formula is C25H36N4O2. The van der Waals surface area contributed by atoms with E-state index < -0.39 is 0 Å². The molecule has 0 aliphatic rings. The van der Waals surface area contributed by atoms with Gasteiger partial charge in [-0.15, -0.1) is 0 Å². The van der Waals surface area contributed by atoms with Gasteiger partial charge in [0.15, 0.2) is 5.96 Å². The van der Waals surface area contributed by atoms with Gasteiger partial charge in [0.1, 0.15) is 5.75 Å². The first-order chi connectivity index (χ1) is 14.8. The van der Waals surface area contributed by atoms with Crippen molar-refractivity contribution in [3.05, 3.63) is 64.2 Å². The van der Waals surface area contributed by atoms with E-state index >= 15 is 0 Å². The summed E-state index contributed by atoms with van der Waals surface area (Å²) in [5.41, 5.74) is 5.51. The maximum absolute atomic E-state index is 12.1. The number of rotatable bonds is 9. The van der Waals surface area contributed by atoms with E-state index in [0.29, 0.717) is 12.2 Å². The Hall–Kier alpha value is -3.02. The first-order valence-electron chi connectivity index (χ1n) is 10.8. The van der Waals surface area contributed by atoms with Crippen LogP contribution in [0.1, 0.15) is 39.0 Å². The molecule has 0 aromatic heterocycles. The van der Waals surface area contributed by atoms with Crippen LogP contribution in [0, 0.1) is 20.8 Å². The number of hydrogen-bond acceptors (Lipinski definition) is 3. The zero-order valence-electron chi connectivity index (χ0n) is 19.7. The highest BCUT2D eigenvalue weighted by molar-refractivity contribution is 5.94. The highest BCUT2D eigenvalue weighted by atomic mass is 16.5. The molecule has 2 aromatic rings. The Labute approximate surface area is 186 Å². The lowest BCUT2D eigenvalue weighted by Crippen LogP contribution is -2.39. The summed E-state index contributed by atoms with van der Waals surface area (Å²) in [6.45, 7) is 8.46. The Balaban J connectivity index is 1.71. The number of hydrogen-bond donors (Lipinski definition) is 2. The summed E-state index contributed by atoms with van der Waals surface area (Å²) >= 11 is 0. The molecule has 1 amide bonds. The van der Waals surface area contributed by atoms with Gasteiger partial charge in [0.05, 0.1) is 6.61 Å². The number of aryl methyl sites for hydroxylation is 2. The zero-order valence-corrected chi connectivity index (χ0v) is 19.7. The molecule has 2 N–H and O–H groups in total. The number of guanidine groups is 1. The van der Waals surface area contributed by atoms with Gasteiger partial charge in [0, 0.05) is 39.8 Å². The highest BCUT2D eigenvalue weighted by Gasteiger charge is 2.08. The van der Waals surface area contributed by atoms with Gasteiger partial charge in [-0.1, -0.05) is 18.2 Å². The van der Waals surface area contributed by atoms with Crippen molar-refractivity contribution < 1.29 is 9.53 Å². The predicted molar refractivity (Wildman–Crippen MR) is 128 cm³/mol. The van der Waals surface area contributed by atoms with Crippen molar-refractivity contribution in [2.24, 2.45) is 4.99 Å². The molecule has 6 nitrogen and oxygen atoms in total. The number of amides is 1. The average Bonchev–Trinajstić information content (AvgIpc) is 2.74. The third kappa shape index (κ3) is 7.63. The largest absolute Gasteiger partial charge is 0.493 e. The summed E-state index contributed by atoms with van der Waals surface area (Å²) in [4.78, 5) is 18.0. The molecule has 168 valence electrons. The highest BCUT2D eigenvalue weighted by Crippen LogP contribution is 2.23. The molecule has 31 heavy (non-hydrogen) atoms. The van der Waals surface area contributed by atoms with Crippen LogP contribution in [0.4, 0.5) is 0 Å². The number of carbonyl (C=O) groups is 1. The molecule has 2 rings (SSSR count). The standard InChI is InChI=1S/C25H36N4O2/c1-18-15-19(2)20(3)23(16-18)31-14-8-12-27-25(26-4)28-13-11-21-9-7-10-22(17-21)24(30)29(5)6/h7,9-10,15-17H,8,11-14H2,1-6H3,(H2,26,27,28). The van der Waals surface area contributed by atoms with Crippen molar-refractivity contribution >= 4 is 11.9 Å². The average molecular weight is 425 g/mol. The number of nitrogens with zero attached hydrogens (tertiary/aromatic N) is 2. The molecule has 0 aliphatic carbocycles. The van der Waals surface area contributed by atoms with Crippen LogP contribution in [0.3, 0.4) is 0 Å². The van der Waals surface area contributed by atoms with Gasteiger partial charge in [-0.2, -0.15) is 0 Å². The van der Waals surface area contributed by atoms with Crippen LogP contribution in [-0.2, 0) is 6.42 Å². The Morgan fingerprint density at radius 1 is 1.06 bits per heavy atom. The minimum absolute atomic E-state index is 0.0190. The second-order valence-corrected chi connectivity index (χ2v) is 7.98. The molecule has 2 aromatic carbocycles. The molecule has 0 fully saturated rings. The molecule has 6 heteroatoms. The Bertz CT molecular complexity index is 906. The molecule has 0 saturated carbocycles. The van der Waals surface area contributed by atoms with Crippen molar-refractivity contribution in [2.75, 3.05) is 40.8 Å². The van der Waals surface area contributed by atoms with Crippen LogP contribution in [0.5, 0.6) is 5.75 Å². The Morgan fingerprint density at radius 3 is 2.52 bits per heavy atom. The van der Waals surface area contributed by atoms with Crippen molar-refractivity contribution in [2.45, 2.75) is 33.6 Å². The topological polar surface area (TPSA) is 66.0 Å². The fourth-order valence-corrected chi connectivity index (χ4v) is 3.28. The molecule has 0 unspecified atom stereocenters. The van der Waals surface area contributed by atoms with E-state index in [9.17, 15) is 4.79 Å². The van der Waals surface area contributed by atoms with Crippen molar-refractivity contribution in [3.8, 4) is 5.75 Å². The molecule has 0 saturated heterocycles. The zero-order chi connectivity index (χ0) is 22.8. The van der Waals surface area contributed by atoms with Crippen LogP contribution in [0.15, 0.2) is 41.4 Å². The number of nitrogens with one attached hydrogen (secondary N) is 2. The van der Waals surface area contributed by atoms with Gasteiger partial charge >= 0.3 is 0 Å². The van der Waals surface area contributed by atoms with Crippen LogP contribution in [0.25, 0.3) is 0 Å². The molecular weight excluding hydrogens is 388 g/mol. The van der Waals surface area contributed by atoms with Crippen molar-refractivity contribution in [1.82, 2.24) is 15.5 Å². The molecule has 0 heterocycles. The minimum atomic E-state index is 0.0190. The summed E-state index contributed by atoms with van der Waals surface area (Å²) in [6, 6.07) is 12.0. The van der Waals surface area contributed by atoms with E-state index in [4.69, 9.17) is 4.74 Å². The van der Waals surface area contributed by atoms with Gasteiger partial charge in [0.2, 0.25) is 0 Å². The fourth-order valence-electron chi connectivity index (χ4n) is 3.28. The number of ether oxygens (including phenoxy) is 1. The summed E-state index contributed by atoms with van der Waals surface area (Å²) in [6.07, 6.45) is 1.69. The van der Waals surface area contributed by atoms with Gasteiger partial charge in [-0.05, 0) is 74.1 Å². The van der Waals surface area contributed by atoms with Gasteiger partial charge < -0.3 is 20.3 Å². The van der Waals surface area contributed by atoms with E-state index in [1.807, 2.05) is 24.3 Å². The first kappa shape index (κ1) is 24.3. The lowest BCUT2D eigenvalue weighted by atomic mass is 10.1. The SMILES string of the molecule is CN=C(NCCCOc1cc(C)cc(C)c1C)NCCc1cccc(C(=O)N(C)C)c1. The predicted octanol–water partition coefficient (Wildman–Crippen LogP) is 3.49. The van der Waals surface area contributed by atoms with Gasteiger partial charge in [-0.25, -0.2) is 0 Å². The molecule has 0 spiro atoms. The van der Waals surface area contributed by atoms with E-state index in [2.05, 4.69) is 48.5 Å². The van der Waals surface area contributed by atoms with Gasteiger partial charge in [-0.3, -0.25) is 9.79 Å². The minimum Gasteiger partial charge on any atom is -0.493 e. The smallest absolute Gasteiger partial charge is 0.253 e. The number of benzene rings is 2. The Kier molecular flexibility index (Phi) is 9.38. The molecule has 0 bridgehead atoms. The number of carbonyl (C=O) groups excluding carboxylic acids is 1. The second kappa shape index (κ2) is 12.0. The van der Waals surface area contributed by atoms with Crippen LogP contribution in [-0.4, -0.2) is 57.6 Å². The second-order valence-electron chi connectivity index (χ2n) is 7.98. The lowest BCUT2D eigenvalue weighted by molar-refractivity contribution is 0.0827. The number of aliphatic imine (C=N–C) groups is 1. The summed E-state index contributed by atoms with van der Waals surface area (Å²) in [7, 11) is 5.29. The molecule has 0 radical (unpaired) electrons. The monoisotopic (exact) mass is 424 g/mol. The summed E-state index contributed by atoms with van der Waals surface area (Å²) in [5.74, 6) is 1.75.